The smallest absolute Gasteiger partial charge is 0.312 e. The Balaban J connectivity index is 2.75. The molecule has 2 unspecified atom stereocenters. The first-order valence-corrected chi connectivity index (χ1v) is 7.77. The van der Waals surface area contributed by atoms with Gasteiger partial charge in [0.1, 0.15) is 0 Å². The maximum atomic E-state index is 12.3. The van der Waals surface area contributed by atoms with Crippen molar-refractivity contribution >= 4 is 23.3 Å². The lowest BCUT2D eigenvalue weighted by Crippen LogP contribution is -2.55. The number of carbonyl (C=O) groups is 2. The number of amides is 3. The van der Waals surface area contributed by atoms with Crippen LogP contribution in [0.2, 0.25) is 0 Å². The van der Waals surface area contributed by atoms with Crippen LogP contribution in [0.5, 0.6) is 0 Å². The highest BCUT2D eigenvalue weighted by Gasteiger charge is 2.29. The van der Waals surface area contributed by atoms with E-state index in [-0.39, 0.29) is 18.2 Å². The summed E-state index contributed by atoms with van der Waals surface area (Å²) in [5.74, 6) is 0.0412. The van der Waals surface area contributed by atoms with E-state index >= 15 is 0 Å². The van der Waals surface area contributed by atoms with Crippen molar-refractivity contribution in [1.29, 1.82) is 0 Å². The molecular weight excluding hydrogens is 288 g/mol. The Morgan fingerprint density at radius 3 is 2.52 bits per heavy atom. The number of hydrogen-bond acceptors (Lipinski definition) is 4. The van der Waals surface area contributed by atoms with Crippen LogP contribution in [0.3, 0.4) is 0 Å². The first-order valence-electron chi connectivity index (χ1n) is 6.89. The second-order valence-electron chi connectivity index (χ2n) is 5.61. The Morgan fingerprint density at radius 1 is 1.43 bits per heavy atom. The van der Waals surface area contributed by atoms with Crippen molar-refractivity contribution in [2.75, 3.05) is 6.54 Å². The van der Waals surface area contributed by atoms with Gasteiger partial charge in [-0.25, -0.2) is 4.79 Å². The summed E-state index contributed by atoms with van der Waals surface area (Å²) in [6.45, 7) is 6.28. The van der Waals surface area contributed by atoms with Crippen LogP contribution in [0.25, 0.3) is 0 Å². The van der Waals surface area contributed by atoms with Gasteiger partial charge in [0, 0.05) is 11.4 Å². The summed E-state index contributed by atoms with van der Waals surface area (Å²) in [6, 6.07) is 2.66. The Kier molecular flexibility index (Phi) is 6.17. The Morgan fingerprint density at radius 2 is 2.10 bits per heavy atom. The fraction of sp³-hybridized carbons (Fsp3) is 0.571. The quantitative estimate of drug-likeness (QED) is 0.609. The standard InChI is InChI=1S/C14H24N4O2S/c1-9(2)14(3,8-15)18-12(19)7-10(17-13(16)20)11-5-4-6-21-11/h4-6,9-10H,7-8,15H2,1-3H3,(H,18,19)(H3,16,17,20). The van der Waals surface area contributed by atoms with E-state index in [0.717, 1.165) is 4.88 Å². The van der Waals surface area contributed by atoms with Gasteiger partial charge in [0.25, 0.3) is 0 Å². The van der Waals surface area contributed by atoms with Crippen molar-refractivity contribution in [1.82, 2.24) is 10.6 Å². The van der Waals surface area contributed by atoms with Crippen molar-refractivity contribution in [3.63, 3.8) is 0 Å². The van der Waals surface area contributed by atoms with Gasteiger partial charge in [-0.2, -0.15) is 0 Å². The van der Waals surface area contributed by atoms with E-state index in [0.29, 0.717) is 6.54 Å². The molecule has 21 heavy (non-hydrogen) atoms. The maximum Gasteiger partial charge on any atom is 0.312 e. The Labute approximate surface area is 129 Å². The minimum absolute atomic E-state index is 0.131. The molecule has 1 rings (SSSR count). The number of hydrogen-bond donors (Lipinski definition) is 4. The van der Waals surface area contributed by atoms with E-state index in [1.807, 2.05) is 38.3 Å². The molecule has 0 aliphatic heterocycles. The van der Waals surface area contributed by atoms with E-state index in [9.17, 15) is 9.59 Å². The molecule has 0 aromatic carbocycles. The third kappa shape index (κ3) is 5.02. The first kappa shape index (κ1) is 17.5. The molecular formula is C14H24N4O2S. The van der Waals surface area contributed by atoms with Crippen LogP contribution in [0, 0.1) is 5.92 Å². The molecule has 1 aromatic heterocycles. The minimum Gasteiger partial charge on any atom is -0.352 e. The number of primary amides is 1. The maximum absolute atomic E-state index is 12.3. The number of rotatable bonds is 7. The van der Waals surface area contributed by atoms with E-state index in [2.05, 4.69) is 10.6 Å². The van der Waals surface area contributed by atoms with Crippen LogP contribution in [0.1, 0.15) is 38.1 Å². The largest absolute Gasteiger partial charge is 0.352 e. The van der Waals surface area contributed by atoms with Crippen molar-refractivity contribution in [2.24, 2.45) is 17.4 Å². The molecule has 0 radical (unpaired) electrons. The zero-order valence-electron chi connectivity index (χ0n) is 12.7. The summed E-state index contributed by atoms with van der Waals surface area (Å²) in [4.78, 5) is 24.2. The molecule has 0 fully saturated rings. The second kappa shape index (κ2) is 7.42. The topological polar surface area (TPSA) is 110 Å². The van der Waals surface area contributed by atoms with Gasteiger partial charge in [-0.3, -0.25) is 4.79 Å². The molecule has 0 aliphatic rings. The van der Waals surface area contributed by atoms with Crippen LogP contribution < -0.4 is 22.1 Å². The summed E-state index contributed by atoms with van der Waals surface area (Å²) in [7, 11) is 0. The molecule has 0 saturated carbocycles. The lowest BCUT2D eigenvalue weighted by atomic mass is 9.88. The summed E-state index contributed by atoms with van der Waals surface area (Å²) < 4.78 is 0. The summed E-state index contributed by atoms with van der Waals surface area (Å²) >= 11 is 1.47. The molecule has 7 heteroatoms. The lowest BCUT2D eigenvalue weighted by molar-refractivity contribution is -0.123. The predicted octanol–water partition coefficient (Wildman–Crippen LogP) is 1.34. The SMILES string of the molecule is CC(C)C(C)(CN)NC(=O)CC(NC(N)=O)c1cccs1. The number of carbonyl (C=O) groups excluding carboxylic acids is 2. The van der Waals surface area contributed by atoms with Gasteiger partial charge in [-0.15, -0.1) is 11.3 Å². The van der Waals surface area contributed by atoms with Gasteiger partial charge in [-0.05, 0) is 24.3 Å². The highest BCUT2D eigenvalue weighted by atomic mass is 32.1. The zero-order chi connectivity index (χ0) is 16.0. The summed E-state index contributed by atoms with van der Waals surface area (Å²) in [5.41, 5.74) is 10.5. The van der Waals surface area contributed by atoms with Crippen molar-refractivity contribution in [2.45, 2.75) is 38.8 Å². The van der Waals surface area contributed by atoms with Gasteiger partial charge < -0.3 is 22.1 Å². The molecule has 0 spiro atoms. The van der Waals surface area contributed by atoms with Gasteiger partial charge in [0.05, 0.1) is 18.0 Å². The van der Waals surface area contributed by atoms with Crippen molar-refractivity contribution in [3.05, 3.63) is 22.4 Å². The Bertz CT molecular complexity index is 475. The average Bonchev–Trinajstić information content (AvgIpc) is 2.90. The highest BCUT2D eigenvalue weighted by Crippen LogP contribution is 2.23. The van der Waals surface area contributed by atoms with Gasteiger partial charge >= 0.3 is 6.03 Å². The highest BCUT2D eigenvalue weighted by molar-refractivity contribution is 7.10. The molecule has 0 bridgehead atoms. The van der Waals surface area contributed by atoms with Gasteiger partial charge in [-0.1, -0.05) is 19.9 Å². The molecule has 3 amide bonds. The van der Waals surface area contributed by atoms with Crippen LogP contribution >= 0.6 is 11.3 Å². The number of urea groups is 1. The first-order chi connectivity index (χ1) is 9.78. The van der Waals surface area contributed by atoms with Crippen LogP contribution in [0.4, 0.5) is 4.79 Å². The average molecular weight is 312 g/mol. The molecule has 6 N–H and O–H groups in total. The number of nitrogens with two attached hydrogens (primary N) is 2. The van der Waals surface area contributed by atoms with E-state index in [1.54, 1.807) is 0 Å². The van der Waals surface area contributed by atoms with Crippen LogP contribution in [-0.2, 0) is 4.79 Å². The van der Waals surface area contributed by atoms with Crippen LogP contribution in [0.15, 0.2) is 17.5 Å². The molecule has 0 saturated heterocycles. The fourth-order valence-corrected chi connectivity index (χ4v) is 2.65. The zero-order valence-corrected chi connectivity index (χ0v) is 13.5. The number of nitrogens with one attached hydrogen (secondary N) is 2. The third-order valence-corrected chi connectivity index (χ3v) is 4.70. The van der Waals surface area contributed by atoms with E-state index in [1.165, 1.54) is 11.3 Å². The monoisotopic (exact) mass is 312 g/mol. The fourth-order valence-electron chi connectivity index (χ4n) is 1.87. The van der Waals surface area contributed by atoms with E-state index in [4.69, 9.17) is 11.5 Å². The predicted molar refractivity (Wildman–Crippen MR) is 84.8 cm³/mol. The second-order valence-corrected chi connectivity index (χ2v) is 6.58. The summed E-state index contributed by atoms with van der Waals surface area (Å²) in [5, 5.41) is 7.45. The summed E-state index contributed by atoms with van der Waals surface area (Å²) in [6.07, 6.45) is 0.131. The molecule has 1 aromatic rings. The molecule has 2 atom stereocenters. The lowest BCUT2D eigenvalue weighted by Gasteiger charge is -2.34. The van der Waals surface area contributed by atoms with Crippen molar-refractivity contribution < 1.29 is 9.59 Å². The van der Waals surface area contributed by atoms with Crippen molar-refractivity contribution in [3.8, 4) is 0 Å². The minimum atomic E-state index is -0.647. The van der Waals surface area contributed by atoms with E-state index < -0.39 is 17.6 Å². The van der Waals surface area contributed by atoms with Gasteiger partial charge in [0.15, 0.2) is 0 Å². The third-order valence-electron chi connectivity index (χ3n) is 3.72. The molecule has 1 heterocycles. The molecule has 118 valence electrons. The Hall–Kier alpha value is -1.60. The normalized spacial score (nSPS) is 15.3. The molecule has 0 aliphatic carbocycles. The number of thiophene rings is 1. The van der Waals surface area contributed by atoms with Gasteiger partial charge in [0.2, 0.25) is 5.91 Å². The molecule has 6 nitrogen and oxygen atoms in total. The van der Waals surface area contributed by atoms with Crippen LogP contribution in [-0.4, -0.2) is 24.0 Å².